The van der Waals surface area contributed by atoms with Gasteiger partial charge in [0.2, 0.25) is 0 Å². The second kappa shape index (κ2) is 5.25. The Morgan fingerprint density at radius 2 is 2.11 bits per heavy atom. The number of halogens is 1. The van der Waals surface area contributed by atoms with Crippen LogP contribution in [0.3, 0.4) is 0 Å². The summed E-state index contributed by atoms with van der Waals surface area (Å²) in [6.45, 7) is 3.93. The van der Waals surface area contributed by atoms with E-state index < -0.39 is 9.84 Å². The average molecular weight is 346 g/mol. The Bertz CT molecular complexity index is 612. The molecule has 1 aromatic rings. The fourth-order valence-corrected chi connectivity index (χ4v) is 4.22. The van der Waals surface area contributed by atoms with Crippen LogP contribution in [0.2, 0.25) is 0 Å². The van der Waals surface area contributed by atoms with Crippen molar-refractivity contribution >= 4 is 31.7 Å². The molecule has 1 fully saturated rings. The molecule has 6 heteroatoms. The van der Waals surface area contributed by atoms with Crippen LogP contribution in [-0.2, 0) is 9.84 Å². The molecule has 1 unspecified atom stereocenters. The molecule has 19 heavy (non-hydrogen) atoms. The lowest BCUT2D eigenvalue weighted by molar-refractivity contribution is 0.0712. The van der Waals surface area contributed by atoms with Crippen molar-refractivity contribution in [2.45, 2.75) is 19.9 Å². The Kier molecular flexibility index (Phi) is 4.01. The SMILES string of the molecule is Cc1c(Br)cccc1C(=O)N1CCS(=O)(=O)CC1C. The zero-order valence-corrected chi connectivity index (χ0v) is 13.3. The highest BCUT2D eigenvalue weighted by Crippen LogP contribution is 2.22. The van der Waals surface area contributed by atoms with E-state index in [1.54, 1.807) is 17.9 Å². The molecule has 0 bridgehead atoms. The largest absolute Gasteiger partial charge is 0.334 e. The van der Waals surface area contributed by atoms with Crippen molar-refractivity contribution in [2.24, 2.45) is 0 Å². The molecule has 1 aliphatic heterocycles. The summed E-state index contributed by atoms with van der Waals surface area (Å²) in [4.78, 5) is 14.2. The number of amides is 1. The topological polar surface area (TPSA) is 54.5 Å². The lowest BCUT2D eigenvalue weighted by atomic mass is 10.1. The Morgan fingerprint density at radius 1 is 1.42 bits per heavy atom. The van der Waals surface area contributed by atoms with Crippen LogP contribution in [0.25, 0.3) is 0 Å². The van der Waals surface area contributed by atoms with Crippen molar-refractivity contribution in [3.05, 3.63) is 33.8 Å². The first-order valence-corrected chi connectivity index (χ1v) is 8.70. The van der Waals surface area contributed by atoms with Crippen molar-refractivity contribution in [3.8, 4) is 0 Å². The van der Waals surface area contributed by atoms with E-state index in [-0.39, 0.29) is 30.0 Å². The third kappa shape index (κ3) is 3.00. The van der Waals surface area contributed by atoms with Crippen LogP contribution >= 0.6 is 15.9 Å². The van der Waals surface area contributed by atoms with Crippen molar-refractivity contribution in [2.75, 3.05) is 18.1 Å². The first kappa shape index (κ1) is 14.5. The summed E-state index contributed by atoms with van der Waals surface area (Å²) >= 11 is 3.40. The van der Waals surface area contributed by atoms with Crippen molar-refractivity contribution < 1.29 is 13.2 Å². The number of hydrogen-bond acceptors (Lipinski definition) is 3. The molecule has 1 aromatic carbocycles. The van der Waals surface area contributed by atoms with Crippen LogP contribution in [0.5, 0.6) is 0 Å². The van der Waals surface area contributed by atoms with E-state index in [4.69, 9.17) is 0 Å². The van der Waals surface area contributed by atoms with Gasteiger partial charge in [-0.25, -0.2) is 8.42 Å². The summed E-state index contributed by atoms with van der Waals surface area (Å²) in [5.74, 6) is 0.00302. The van der Waals surface area contributed by atoms with Gasteiger partial charge in [0.25, 0.3) is 5.91 Å². The van der Waals surface area contributed by atoms with Gasteiger partial charge in [0.1, 0.15) is 0 Å². The van der Waals surface area contributed by atoms with Gasteiger partial charge in [-0.2, -0.15) is 0 Å². The number of nitrogens with zero attached hydrogens (tertiary/aromatic N) is 1. The normalized spacial score (nSPS) is 22.3. The molecule has 104 valence electrons. The van der Waals surface area contributed by atoms with E-state index in [1.807, 2.05) is 19.1 Å². The van der Waals surface area contributed by atoms with E-state index in [0.717, 1.165) is 10.0 Å². The van der Waals surface area contributed by atoms with E-state index in [9.17, 15) is 13.2 Å². The second-order valence-corrected chi connectivity index (χ2v) is 7.96. The molecular weight excluding hydrogens is 330 g/mol. The van der Waals surface area contributed by atoms with Gasteiger partial charge in [-0.15, -0.1) is 0 Å². The molecule has 1 atom stereocenters. The zero-order chi connectivity index (χ0) is 14.2. The third-order valence-electron chi connectivity index (χ3n) is 3.43. The van der Waals surface area contributed by atoms with Crippen molar-refractivity contribution in [1.29, 1.82) is 0 Å². The molecule has 0 spiro atoms. The number of hydrogen-bond donors (Lipinski definition) is 0. The van der Waals surface area contributed by atoms with Gasteiger partial charge in [0.05, 0.1) is 11.5 Å². The zero-order valence-electron chi connectivity index (χ0n) is 10.9. The van der Waals surface area contributed by atoms with E-state index >= 15 is 0 Å². The van der Waals surface area contributed by atoms with Crippen molar-refractivity contribution in [3.63, 3.8) is 0 Å². The molecule has 0 aromatic heterocycles. The number of benzene rings is 1. The lowest BCUT2D eigenvalue weighted by Gasteiger charge is -2.33. The molecule has 1 saturated heterocycles. The Labute approximate surface area is 121 Å². The van der Waals surface area contributed by atoms with Gasteiger partial charge in [-0.05, 0) is 31.5 Å². The molecule has 2 rings (SSSR count). The van der Waals surface area contributed by atoms with E-state index in [2.05, 4.69) is 15.9 Å². The molecule has 1 amide bonds. The fourth-order valence-electron chi connectivity index (χ4n) is 2.29. The van der Waals surface area contributed by atoms with Crippen molar-refractivity contribution in [1.82, 2.24) is 4.90 Å². The Morgan fingerprint density at radius 3 is 2.74 bits per heavy atom. The quantitative estimate of drug-likeness (QED) is 0.782. The first-order chi connectivity index (χ1) is 8.82. The number of sulfone groups is 1. The first-order valence-electron chi connectivity index (χ1n) is 6.08. The smallest absolute Gasteiger partial charge is 0.254 e. The predicted octanol–water partition coefficient (Wildman–Crippen LogP) is 2.02. The van der Waals surface area contributed by atoms with E-state index in [0.29, 0.717) is 5.56 Å². The summed E-state index contributed by atoms with van der Waals surface area (Å²) in [5.41, 5.74) is 1.51. The standard InChI is InChI=1S/C13H16BrNO3S/c1-9-8-19(17,18)7-6-15(9)13(16)11-4-3-5-12(14)10(11)2/h3-5,9H,6-8H2,1-2H3. The van der Waals surface area contributed by atoms with Gasteiger partial charge >= 0.3 is 0 Å². The summed E-state index contributed by atoms with van der Waals surface area (Å²) in [6, 6.07) is 5.20. The molecule has 1 aliphatic rings. The predicted molar refractivity (Wildman–Crippen MR) is 78.0 cm³/mol. The summed E-state index contributed by atoms with van der Waals surface area (Å²) in [6.07, 6.45) is 0. The molecule has 1 heterocycles. The van der Waals surface area contributed by atoms with Crippen LogP contribution in [0.1, 0.15) is 22.8 Å². The molecule has 0 saturated carbocycles. The van der Waals surface area contributed by atoms with Gasteiger partial charge in [-0.1, -0.05) is 22.0 Å². The monoisotopic (exact) mass is 345 g/mol. The van der Waals surface area contributed by atoms with Gasteiger partial charge in [-0.3, -0.25) is 4.79 Å². The van der Waals surface area contributed by atoms with Crippen LogP contribution < -0.4 is 0 Å². The van der Waals surface area contributed by atoms with Gasteiger partial charge < -0.3 is 4.90 Å². The van der Waals surface area contributed by atoms with Crippen LogP contribution in [0.4, 0.5) is 0 Å². The van der Waals surface area contributed by atoms with Crippen LogP contribution in [-0.4, -0.2) is 43.3 Å². The highest BCUT2D eigenvalue weighted by atomic mass is 79.9. The minimum absolute atomic E-state index is 0.0474. The summed E-state index contributed by atoms with van der Waals surface area (Å²) in [5, 5.41) is 0. The number of carbonyl (C=O) groups excluding carboxylic acids is 1. The van der Waals surface area contributed by atoms with E-state index in [1.165, 1.54) is 0 Å². The maximum absolute atomic E-state index is 12.5. The maximum atomic E-state index is 12.5. The van der Waals surface area contributed by atoms with Crippen LogP contribution in [0, 0.1) is 6.92 Å². The molecule has 0 radical (unpaired) electrons. The summed E-state index contributed by atoms with van der Waals surface area (Å²) in [7, 11) is -3.00. The maximum Gasteiger partial charge on any atom is 0.254 e. The lowest BCUT2D eigenvalue weighted by Crippen LogP contribution is -2.49. The Hall–Kier alpha value is -0.880. The highest BCUT2D eigenvalue weighted by molar-refractivity contribution is 9.10. The average Bonchev–Trinajstić information content (AvgIpc) is 2.31. The minimum Gasteiger partial charge on any atom is -0.334 e. The van der Waals surface area contributed by atoms with Gasteiger partial charge in [0.15, 0.2) is 9.84 Å². The van der Waals surface area contributed by atoms with Crippen LogP contribution in [0.15, 0.2) is 22.7 Å². The third-order valence-corrected chi connectivity index (χ3v) is 6.08. The highest BCUT2D eigenvalue weighted by Gasteiger charge is 2.32. The fraction of sp³-hybridized carbons (Fsp3) is 0.462. The molecule has 4 nitrogen and oxygen atoms in total. The molecule has 0 N–H and O–H groups in total. The molecular formula is C13H16BrNO3S. The Balaban J connectivity index is 2.28. The second-order valence-electron chi connectivity index (χ2n) is 4.87. The summed E-state index contributed by atoms with van der Waals surface area (Å²) < 4.78 is 24.0. The molecule has 0 aliphatic carbocycles. The van der Waals surface area contributed by atoms with Gasteiger partial charge in [0, 0.05) is 22.6 Å². The minimum atomic E-state index is -3.00. The number of carbonyl (C=O) groups is 1. The number of rotatable bonds is 1.